The van der Waals surface area contributed by atoms with E-state index in [0.717, 1.165) is 21.2 Å². The monoisotopic (exact) mass is 333 g/mol. The van der Waals surface area contributed by atoms with Gasteiger partial charge in [0.05, 0.1) is 12.5 Å². The lowest BCUT2D eigenvalue weighted by Gasteiger charge is -2.04. The summed E-state index contributed by atoms with van der Waals surface area (Å²) >= 11 is 3.39. The predicted molar refractivity (Wildman–Crippen MR) is 79.0 cm³/mol. The summed E-state index contributed by atoms with van der Waals surface area (Å²) < 4.78 is 17.0. The number of hydrogen-bond acceptors (Lipinski definition) is 4. The molecule has 0 bridgehead atoms. The van der Waals surface area contributed by atoms with E-state index in [2.05, 4.69) is 21.1 Å². The van der Waals surface area contributed by atoms with E-state index in [1.165, 1.54) is 0 Å². The fourth-order valence-electron chi connectivity index (χ4n) is 1.87. The lowest BCUT2D eigenvalue weighted by molar-refractivity contribution is 0.274. The van der Waals surface area contributed by atoms with Crippen LogP contribution < -0.4 is 9.47 Å². The summed E-state index contributed by atoms with van der Waals surface area (Å²) in [6, 6.07) is 13.4. The molecule has 0 amide bonds. The number of ether oxygens (including phenoxy) is 2. The Morgan fingerprint density at radius 3 is 2.70 bits per heavy atom. The van der Waals surface area contributed by atoms with Crippen LogP contribution in [-0.2, 0) is 6.61 Å². The van der Waals surface area contributed by atoms with E-state index in [4.69, 9.17) is 14.0 Å². The molecule has 1 aromatic heterocycles. The van der Waals surface area contributed by atoms with Crippen molar-refractivity contribution in [3.8, 4) is 11.6 Å². The third kappa shape index (κ3) is 2.63. The lowest BCUT2D eigenvalue weighted by Crippen LogP contribution is -1.95. The van der Waals surface area contributed by atoms with Crippen LogP contribution in [0.2, 0.25) is 0 Å². The zero-order chi connectivity index (χ0) is 13.9. The van der Waals surface area contributed by atoms with Gasteiger partial charge in [-0.15, -0.1) is 0 Å². The highest BCUT2D eigenvalue weighted by Crippen LogP contribution is 2.28. The van der Waals surface area contributed by atoms with Crippen molar-refractivity contribution in [1.82, 2.24) is 5.16 Å². The Hall–Kier alpha value is -2.01. The van der Waals surface area contributed by atoms with Gasteiger partial charge in [0.25, 0.3) is 5.88 Å². The highest BCUT2D eigenvalue weighted by atomic mass is 79.9. The molecule has 4 nitrogen and oxygen atoms in total. The Morgan fingerprint density at radius 1 is 1.15 bits per heavy atom. The van der Waals surface area contributed by atoms with Crippen LogP contribution in [-0.4, -0.2) is 12.3 Å². The van der Waals surface area contributed by atoms with Crippen molar-refractivity contribution in [2.24, 2.45) is 0 Å². The Labute approximate surface area is 124 Å². The van der Waals surface area contributed by atoms with Gasteiger partial charge in [-0.25, -0.2) is 0 Å². The largest absolute Gasteiger partial charge is 0.497 e. The van der Waals surface area contributed by atoms with Crippen molar-refractivity contribution >= 4 is 26.9 Å². The molecule has 0 saturated carbocycles. The zero-order valence-corrected chi connectivity index (χ0v) is 12.4. The number of aromatic nitrogens is 1. The standard InChI is InChI=1S/C15H12BrNO3/c1-18-12-5-2-10(3-6-12)9-19-15-13-7-4-11(16)8-14(13)20-17-15/h2-8H,9H2,1H3. The molecular weight excluding hydrogens is 322 g/mol. The minimum atomic E-state index is 0.432. The van der Waals surface area contributed by atoms with Gasteiger partial charge in [-0.2, -0.15) is 0 Å². The molecule has 20 heavy (non-hydrogen) atoms. The fourth-order valence-corrected chi connectivity index (χ4v) is 2.21. The number of benzene rings is 2. The fraction of sp³-hybridized carbons (Fsp3) is 0.133. The van der Waals surface area contributed by atoms with E-state index in [-0.39, 0.29) is 0 Å². The second kappa shape index (κ2) is 5.54. The van der Waals surface area contributed by atoms with Crippen molar-refractivity contribution in [2.75, 3.05) is 7.11 Å². The number of fused-ring (bicyclic) bond motifs is 1. The van der Waals surface area contributed by atoms with Crippen molar-refractivity contribution < 1.29 is 14.0 Å². The SMILES string of the molecule is COc1ccc(COc2noc3cc(Br)ccc23)cc1. The first kappa shape index (κ1) is 13.0. The Kier molecular flexibility index (Phi) is 3.60. The molecule has 0 spiro atoms. The summed E-state index contributed by atoms with van der Waals surface area (Å²) in [5, 5.41) is 4.81. The van der Waals surface area contributed by atoms with Gasteiger partial charge in [0.2, 0.25) is 0 Å². The second-order valence-corrected chi connectivity index (χ2v) is 5.18. The predicted octanol–water partition coefficient (Wildman–Crippen LogP) is 4.18. The van der Waals surface area contributed by atoms with E-state index >= 15 is 0 Å². The van der Waals surface area contributed by atoms with Gasteiger partial charge in [-0.3, -0.25) is 0 Å². The number of nitrogens with zero attached hydrogens (tertiary/aromatic N) is 1. The molecule has 0 fully saturated rings. The molecule has 2 aromatic carbocycles. The zero-order valence-electron chi connectivity index (χ0n) is 10.8. The van der Waals surface area contributed by atoms with Gasteiger partial charge in [0, 0.05) is 4.47 Å². The van der Waals surface area contributed by atoms with Gasteiger partial charge >= 0.3 is 0 Å². The minimum absolute atomic E-state index is 0.432. The van der Waals surface area contributed by atoms with Gasteiger partial charge < -0.3 is 14.0 Å². The van der Waals surface area contributed by atoms with E-state index in [1.807, 2.05) is 42.5 Å². The molecule has 0 N–H and O–H groups in total. The van der Waals surface area contributed by atoms with Crippen molar-refractivity contribution in [3.05, 3.63) is 52.5 Å². The average Bonchev–Trinajstić information content (AvgIpc) is 2.88. The molecule has 0 aliphatic heterocycles. The highest BCUT2D eigenvalue weighted by Gasteiger charge is 2.09. The van der Waals surface area contributed by atoms with Crippen molar-refractivity contribution in [3.63, 3.8) is 0 Å². The Balaban J connectivity index is 1.76. The van der Waals surface area contributed by atoms with E-state index in [9.17, 15) is 0 Å². The number of rotatable bonds is 4. The first-order valence-electron chi connectivity index (χ1n) is 6.07. The van der Waals surface area contributed by atoms with Crippen molar-refractivity contribution in [1.29, 1.82) is 0 Å². The lowest BCUT2D eigenvalue weighted by atomic mass is 10.2. The Morgan fingerprint density at radius 2 is 1.95 bits per heavy atom. The molecule has 102 valence electrons. The number of halogens is 1. The average molecular weight is 334 g/mol. The quantitative estimate of drug-likeness (QED) is 0.718. The first-order chi connectivity index (χ1) is 9.76. The molecule has 0 aliphatic rings. The normalized spacial score (nSPS) is 10.7. The van der Waals surface area contributed by atoms with Crippen LogP contribution in [0.1, 0.15) is 5.56 Å². The summed E-state index contributed by atoms with van der Waals surface area (Å²) in [7, 11) is 1.64. The van der Waals surface area contributed by atoms with Gasteiger partial charge in [-0.05, 0) is 41.1 Å². The van der Waals surface area contributed by atoms with Gasteiger partial charge in [-0.1, -0.05) is 28.1 Å². The summed E-state index contributed by atoms with van der Waals surface area (Å²) in [5.41, 5.74) is 1.74. The van der Waals surface area contributed by atoms with Gasteiger partial charge in [0.1, 0.15) is 12.4 Å². The van der Waals surface area contributed by atoms with E-state index < -0.39 is 0 Å². The molecule has 3 aromatic rings. The molecule has 1 heterocycles. The molecule has 0 aliphatic carbocycles. The van der Waals surface area contributed by atoms with Crippen LogP contribution in [0.4, 0.5) is 0 Å². The third-order valence-corrected chi connectivity index (χ3v) is 3.43. The van der Waals surface area contributed by atoms with Crippen LogP contribution in [0.15, 0.2) is 51.5 Å². The first-order valence-corrected chi connectivity index (χ1v) is 6.86. The van der Waals surface area contributed by atoms with Crippen LogP contribution in [0.25, 0.3) is 11.0 Å². The smallest absolute Gasteiger partial charge is 0.262 e. The molecule has 0 unspecified atom stereocenters. The maximum Gasteiger partial charge on any atom is 0.262 e. The minimum Gasteiger partial charge on any atom is -0.497 e. The van der Waals surface area contributed by atoms with Crippen LogP contribution in [0.3, 0.4) is 0 Å². The summed E-state index contributed by atoms with van der Waals surface area (Å²) in [6.45, 7) is 0.432. The van der Waals surface area contributed by atoms with Crippen LogP contribution in [0, 0.1) is 0 Å². The topological polar surface area (TPSA) is 44.5 Å². The summed E-state index contributed by atoms with van der Waals surface area (Å²) in [6.07, 6.45) is 0. The highest BCUT2D eigenvalue weighted by molar-refractivity contribution is 9.10. The van der Waals surface area contributed by atoms with Gasteiger partial charge in [0.15, 0.2) is 5.58 Å². The number of hydrogen-bond donors (Lipinski definition) is 0. The molecule has 3 rings (SSSR count). The molecule has 5 heteroatoms. The number of methoxy groups -OCH3 is 1. The summed E-state index contributed by atoms with van der Waals surface area (Å²) in [4.78, 5) is 0. The maximum atomic E-state index is 5.70. The molecule has 0 saturated heterocycles. The maximum absolute atomic E-state index is 5.70. The van der Waals surface area contributed by atoms with Crippen LogP contribution >= 0.6 is 15.9 Å². The Bertz CT molecular complexity index is 722. The molecule has 0 radical (unpaired) electrons. The van der Waals surface area contributed by atoms with E-state index in [1.54, 1.807) is 7.11 Å². The molecule has 0 atom stereocenters. The van der Waals surface area contributed by atoms with Crippen molar-refractivity contribution in [2.45, 2.75) is 6.61 Å². The van der Waals surface area contributed by atoms with E-state index in [0.29, 0.717) is 18.1 Å². The van der Waals surface area contributed by atoms with Crippen LogP contribution in [0.5, 0.6) is 11.6 Å². The molecular formula is C15H12BrNO3. The second-order valence-electron chi connectivity index (χ2n) is 4.26. The third-order valence-electron chi connectivity index (χ3n) is 2.94. The summed E-state index contributed by atoms with van der Waals surface area (Å²) in [5.74, 6) is 1.33.